The SMILES string of the molecule is O=C(CN1CCNCC1)NC1(C(=O)O)CCCC1. The van der Waals surface area contributed by atoms with Crippen LogP contribution >= 0.6 is 0 Å². The number of nitrogens with one attached hydrogen (secondary N) is 2. The van der Waals surface area contributed by atoms with Gasteiger partial charge in [0.2, 0.25) is 5.91 Å². The van der Waals surface area contributed by atoms with E-state index in [4.69, 9.17) is 0 Å². The molecule has 0 aromatic carbocycles. The lowest BCUT2D eigenvalue weighted by atomic mass is 9.98. The van der Waals surface area contributed by atoms with Crippen molar-refractivity contribution in [3.63, 3.8) is 0 Å². The van der Waals surface area contributed by atoms with Crippen LogP contribution in [0.4, 0.5) is 0 Å². The second-order valence-electron chi connectivity index (χ2n) is 5.17. The molecule has 0 aromatic heterocycles. The quantitative estimate of drug-likeness (QED) is 0.625. The van der Waals surface area contributed by atoms with Gasteiger partial charge in [0.05, 0.1) is 6.54 Å². The third-order valence-electron chi connectivity index (χ3n) is 3.82. The van der Waals surface area contributed by atoms with Crippen LogP contribution < -0.4 is 10.6 Å². The first-order chi connectivity index (χ1) is 8.62. The van der Waals surface area contributed by atoms with Crippen molar-refractivity contribution in [1.82, 2.24) is 15.5 Å². The normalized spacial score (nSPS) is 23.8. The summed E-state index contributed by atoms with van der Waals surface area (Å²) < 4.78 is 0. The molecule has 1 saturated carbocycles. The Kier molecular flexibility index (Phi) is 4.19. The highest BCUT2D eigenvalue weighted by Crippen LogP contribution is 2.29. The summed E-state index contributed by atoms with van der Waals surface area (Å²) in [6, 6.07) is 0. The Hall–Kier alpha value is -1.14. The number of rotatable bonds is 4. The van der Waals surface area contributed by atoms with Crippen LogP contribution in [0.15, 0.2) is 0 Å². The molecule has 2 aliphatic rings. The zero-order valence-corrected chi connectivity index (χ0v) is 10.6. The van der Waals surface area contributed by atoms with E-state index in [1.165, 1.54) is 0 Å². The van der Waals surface area contributed by atoms with Gasteiger partial charge in [-0.15, -0.1) is 0 Å². The summed E-state index contributed by atoms with van der Waals surface area (Å²) >= 11 is 0. The third-order valence-corrected chi connectivity index (χ3v) is 3.82. The summed E-state index contributed by atoms with van der Waals surface area (Å²) in [6.07, 6.45) is 2.85. The molecular weight excluding hydrogens is 234 g/mol. The van der Waals surface area contributed by atoms with Crippen molar-refractivity contribution in [2.24, 2.45) is 0 Å². The molecule has 1 aliphatic carbocycles. The second kappa shape index (κ2) is 5.67. The molecule has 1 aliphatic heterocycles. The molecule has 2 rings (SSSR count). The first kappa shape index (κ1) is 13.3. The summed E-state index contributed by atoms with van der Waals surface area (Å²) in [7, 11) is 0. The van der Waals surface area contributed by atoms with Crippen molar-refractivity contribution < 1.29 is 14.7 Å². The monoisotopic (exact) mass is 255 g/mol. The number of hydrogen-bond acceptors (Lipinski definition) is 4. The minimum absolute atomic E-state index is 0.166. The molecule has 18 heavy (non-hydrogen) atoms. The molecule has 0 radical (unpaired) electrons. The summed E-state index contributed by atoms with van der Waals surface area (Å²) in [5.41, 5.74) is -1.01. The molecule has 1 amide bonds. The fourth-order valence-corrected chi connectivity index (χ4v) is 2.75. The van der Waals surface area contributed by atoms with Gasteiger partial charge in [-0.05, 0) is 12.8 Å². The second-order valence-corrected chi connectivity index (χ2v) is 5.17. The van der Waals surface area contributed by atoms with Gasteiger partial charge in [0, 0.05) is 26.2 Å². The summed E-state index contributed by atoms with van der Waals surface area (Å²) in [4.78, 5) is 25.3. The minimum Gasteiger partial charge on any atom is -0.480 e. The van der Waals surface area contributed by atoms with E-state index in [-0.39, 0.29) is 5.91 Å². The smallest absolute Gasteiger partial charge is 0.329 e. The fraction of sp³-hybridized carbons (Fsp3) is 0.833. The Morgan fingerprint density at radius 1 is 1.22 bits per heavy atom. The van der Waals surface area contributed by atoms with Gasteiger partial charge >= 0.3 is 5.97 Å². The summed E-state index contributed by atoms with van der Waals surface area (Å²) in [5.74, 6) is -1.06. The van der Waals surface area contributed by atoms with E-state index in [9.17, 15) is 14.7 Å². The van der Waals surface area contributed by atoms with Gasteiger partial charge in [-0.3, -0.25) is 9.69 Å². The van der Waals surface area contributed by atoms with Crippen LogP contribution in [0.3, 0.4) is 0 Å². The molecule has 0 atom stereocenters. The predicted molar refractivity (Wildman–Crippen MR) is 66.3 cm³/mol. The van der Waals surface area contributed by atoms with Gasteiger partial charge in [0.15, 0.2) is 0 Å². The van der Waals surface area contributed by atoms with E-state index in [1.807, 2.05) is 0 Å². The number of carboxylic acids is 1. The number of nitrogens with zero attached hydrogens (tertiary/aromatic N) is 1. The molecule has 102 valence electrons. The predicted octanol–water partition coefficient (Wildman–Crippen LogP) is -0.595. The largest absolute Gasteiger partial charge is 0.480 e. The summed E-state index contributed by atoms with van der Waals surface area (Å²) in [5, 5.41) is 15.2. The third kappa shape index (κ3) is 3.00. The Morgan fingerprint density at radius 3 is 2.39 bits per heavy atom. The van der Waals surface area contributed by atoms with Crippen molar-refractivity contribution in [2.45, 2.75) is 31.2 Å². The lowest BCUT2D eigenvalue weighted by Gasteiger charge is -2.30. The molecule has 6 heteroatoms. The Morgan fingerprint density at radius 2 is 1.83 bits per heavy atom. The number of carbonyl (C=O) groups excluding carboxylic acids is 1. The molecule has 1 heterocycles. The highest BCUT2D eigenvalue weighted by atomic mass is 16.4. The first-order valence-corrected chi connectivity index (χ1v) is 6.60. The van der Waals surface area contributed by atoms with Gasteiger partial charge in [0.25, 0.3) is 0 Å². The molecule has 3 N–H and O–H groups in total. The first-order valence-electron chi connectivity index (χ1n) is 6.60. The van der Waals surface area contributed by atoms with E-state index in [2.05, 4.69) is 15.5 Å². The molecule has 6 nitrogen and oxygen atoms in total. The average molecular weight is 255 g/mol. The van der Waals surface area contributed by atoms with Crippen molar-refractivity contribution in [3.8, 4) is 0 Å². The zero-order valence-electron chi connectivity index (χ0n) is 10.6. The van der Waals surface area contributed by atoms with E-state index in [0.717, 1.165) is 39.0 Å². The van der Waals surface area contributed by atoms with Crippen LogP contribution in [0.1, 0.15) is 25.7 Å². The molecule has 0 spiro atoms. The maximum absolute atomic E-state index is 11.9. The van der Waals surface area contributed by atoms with Crippen LogP contribution in [-0.2, 0) is 9.59 Å². The van der Waals surface area contributed by atoms with Crippen molar-refractivity contribution in [2.75, 3.05) is 32.7 Å². The van der Waals surface area contributed by atoms with Gasteiger partial charge in [-0.25, -0.2) is 4.79 Å². The number of carbonyl (C=O) groups is 2. The summed E-state index contributed by atoms with van der Waals surface area (Å²) in [6.45, 7) is 3.76. The van der Waals surface area contributed by atoms with Gasteiger partial charge in [-0.1, -0.05) is 12.8 Å². The van der Waals surface area contributed by atoms with E-state index in [1.54, 1.807) is 0 Å². The molecule has 1 saturated heterocycles. The van der Waals surface area contributed by atoms with E-state index < -0.39 is 11.5 Å². The Labute approximate surface area is 107 Å². The van der Waals surface area contributed by atoms with Crippen LogP contribution in [0, 0.1) is 0 Å². The molecular formula is C12H21N3O3. The van der Waals surface area contributed by atoms with E-state index >= 15 is 0 Å². The number of hydrogen-bond donors (Lipinski definition) is 3. The number of carboxylic acid groups (broad SMARTS) is 1. The molecule has 0 aromatic rings. The highest BCUT2D eigenvalue weighted by molar-refractivity contribution is 5.88. The molecule has 2 fully saturated rings. The van der Waals surface area contributed by atoms with Crippen molar-refractivity contribution in [3.05, 3.63) is 0 Å². The zero-order chi connectivity index (χ0) is 13.0. The average Bonchev–Trinajstić information content (AvgIpc) is 2.80. The van der Waals surface area contributed by atoms with Crippen molar-refractivity contribution in [1.29, 1.82) is 0 Å². The van der Waals surface area contributed by atoms with Crippen LogP contribution in [0.25, 0.3) is 0 Å². The maximum atomic E-state index is 11.9. The fourth-order valence-electron chi connectivity index (χ4n) is 2.75. The Bertz CT molecular complexity index is 321. The van der Waals surface area contributed by atoms with Gasteiger partial charge < -0.3 is 15.7 Å². The number of aliphatic carboxylic acids is 1. The van der Waals surface area contributed by atoms with Gasteiger partial charge in [0.1, 0.15) is 5.54 Å². The lowest BCUT2D eigenvalue weighted by molar-refractivity contribution is -0.147. The Balaban J connectivity index is 1.87. The van der Waals surface area contributed by atoms with Crippen molar-refractivity contribution >= 4 is 11.9 Å². The number of piperazine rings is 1. The van der Waals surface area contributed by atoms with Crippen LogP contribution in [0.5, 0.6) is 0 Å². The minimum atomic E-state index is -1.01. The van der Waals surface area contributed by atoms with E-state index in [0.29, 0.717) is 19.4 Å². The molecule has 0 bridgehead atoms. The number of amides is 1. The topological polar surface area (TPSA) is 81.7 Å². The van der Waals surface area contributed by atoms with Crippen LogP contribution in [0.2, 0.25) is 0 Å². The maximum Gasteiger partial charge on any atom is 0.329 e. The standard InChI is InChI=1S/C12H21N3O3/c16-10(9-15-7-5-13-6-8-15)14-12(11(17)18)3-1-2-4-12/h13H,1-9H2,(H,14,16)(H,17,18). The van der Waals surface area contributed by atoms with Crippen LogP contribution in [-0.4, -0.2) is 60.1 Å². The lowest BCUT2D eigenvalue weighted by Crippen LogP contribution is -2.56. The highest BCUT2D eigenvalue weighted by Gasteiger charge is 2.42. The molecule has 0 unspecified atom stereocenters. The van der Waals surface area contributed by atoms with Gasteiger partial charge in [-0.2, -0.15) is 0 Å².